The van der Waals surface area contributed by atoms with Crippen LogP contribution in [0, 0.1) is 0 Å². The van der Waals surface area contributed by atoms with Crippen LogP contribution in [-0.4, -0.2) is 29.7 Å². The summed E-state index contributed by atoms with van der Waals surface area (Å²) in [6.07, 6.45) is 1.30. The molecule has 0 unspecified atom stereocenters. The Hall–Kier alpha value is -3.87. The molecule has 2 amide bonds. The van der Waals surface area contributed by atoms with E-state index in [2.05, 4.69) is 15.8 Å². The van der Waals surface area contributed by atoms with Crippen LogP contribution in [0.3, 0.4) is 0 Å². The highest BCUT2D eigenvalue weighted by Gasteiger charge is 2.15. The second-order valence-corrected chi connectivity index (χ2v) is 5.80. The van der Waals surface area contributed by atoms with E-state index < -0.39 is 11.8 Å². The van der Waals surface area contributed by atoms with Crippen molar-refractivity contribution in [2.24, 2.45) is 5.10 Å². The SMILES string of the molecule is CCOc1ccccc1NC(=O)C(=O)N/N=C\c1c(O)ccc2ccccc12. The van der Waals surface area contributed by atoms with Gasteiger partial charge in [-0.1, -0.05) is 42.5 Å². The minimum atomic E-state index is -0.942. The van der Waals surface area contributed by atoms with E-state index in [1.165, 1.54) is 6.21 Å². The molecule has 7 heteroatoms. The molecule has 0 heterocycles. The van der Waals surface area contributed by atoms with E-state index in [0.717, 1.165) is 10.8 Å². The number of carbonyl (C=O) groups is 2. The predicted molar refractivity (Wildman–Crippen MR) is 108 cm³/mol. The molecule has 0 bridgehead atoms. The van der Waals surface area contributed by atoms with Gasteiger partial charge >= 0.3 is 11.8 Å². The maximum Gasteiger partial charge on any atom is 0.329 e. The van der Waals surface area contributed by atoms with Crippen LogP contribution in [-0.2, 0) is 9.59 Å². The largest absolute Gasteiger partial charge is 0.507 e. The molecule has 0 spiro atoms. The van der Waals surface area contributed by atoms with Crippen molar-refractivity contribution in [1.29, 1.82) is 0 Å². The van der Waals surface area contributed by atoms with E-state index >= 15 is 0 Å². The van der Waals surface area contributed by atoms with Gasteiger partial charge in [-0.15, -0.1) is 0 Å². The zero-order valence-corrected chi connectivity index (χ0v) is 15.2. The summed E-state index contributed by atoms with van der Waals surface area (Å²) in [5.74, 6) is -1.34. The summed E-state index contributed by atoms with van der Waals surface area (Å²) in [7, 11) is 0. The van der Waals surface area contributed by atoms with Gasteiger partial charge in [0, 0.05) is 5.56 Å². The standard InChI is InChI=1S/C21H19N3O4/c1-2-28-19-10-6-5-9-17(19)23-20(26)21(27)24-22-13-16-15-8-4-3-7-14(15)11-12-18(16)25/h3-13,25H,2H2,1H3,(H,23,26)(H,24,27)/b22-13-. The average Bonchev–Trinajstić information content (AvgIpc) is 2.71. The van der Waals surface area contributed by atoms with Gasteiger partial charge in [0.25, 0.3) is 0 Å². The minimum Gasteiger partial charge on any atom is -0.507 e. The van der Waals surface area contributed by atoms with Gasteiger partial charge in [-0.3, -0.25) is 9.59 Å². The molecule has 7 nitrogen and oxygen atoms in total. The van der Waals surface area contributed by atoms with Crippen molar-refractivity contribution in [3.05, 3.63) is 66.2 Å². The van der Waals surface area contributed by atoms with Gasteiger partial charge in [-0.05, 0) is 35.9 Å². The maximum atomic E-state index is 12.1. The van der Waals surface area contributed by atoms with Crippen molar-refractivity contribution < 1.29 is 19.4 Å². The molecular weight excluding hydrogens is 358 g/mol. The second kappa shape index (κ2) is 8.68. The zero-order valence-electron chi connectivity index (χ0n) is 15.2. The Bertz CT molecular complexity index is 1050. The zero-order chi connectivity index (χ0) is 19.9. The summed E-state index contributed by atoms with van der Waals surface area (Å²) in [5, 5.41) is 18.0. The fourth-order valence-electron chi connectivity index (χ4n) is 2.66. The molecule has 0 atom stereocenters. The number of phenols is 1. The van der Waals surface area contributed by atoms with Crippen LogP contribution in [0.2, 0.25) is 0 Å². The fraction of sp³-hybridized carbons (Fsp3) is 0.0952. The molecule has 0 aliphatic heterocycles. The maximum absolute atomic E-state index is 12.1. The lowest BCUT2D eigenvalue weighted by Crippen LogP contribution is -2.32. The minimum absolute atomic E-state index is 0.0202. The van der Waals surface area contributed by atoms with E-state index in [9.17, 15) is 14.7 Å². The Labute approximate surface area is 161 Å². The van der Waals surface area contributed by atoms with E-state index in [1.807, 2.05) is 31.2 Å². The number of carbonyl (C=O) groups excluding carboxylic acids is 2. The van der Waals surface area contributed by atoms with Gasteiger partial charge in [0.1, 0.15) is 11.5 Å². The fourth-order valence-corrected chi connectivity index (χ4v) is 2.66. The molecule has 0 aliphatic rings. The van der Waals surface area contributed by atoms with E-state index in [0.29, 0.717) is 23.6 Å². The number of rotatable bonds is 5. The first-order valence-corrected chi connectivity index (χ1v) is 8.67. The lowest BCUT2D eigenvalue weighted by atomic mass is 10.0. The third kappa shape index (κ3) is 4.27. The number of benzene rings is 3. The number of para-hydroxylation sites is 2. The van der Waals surface area contributed by atoms with Crippen LogP contribution >= 0.6 is 0 Å². The molecule has 3 N–H and O–H groups in total. The smallest absolute Gasteiger partial charge is 0.329 e. The molecule has 0 aliphatic carbocycles. The van der Waals surface area contributed by atoms with Crippen LogP contribution in [0.5, 0.6) is 11.5 Å². The normalized spacial score (nSPS) is 10.8. The Kier molecular flexibility index (Phi) is 5.86. The lowest BCUT2D eigenvalue weighted by Gasteiger charge is -2.10. The summed E-state index contributed by atoms with van der Waals surface area (Å²) in [5.41, 5.74) is 3.00. The number of amides is 2. The third-order valence-corrected chi connectivity index (χ3v) is 3.95. The van der Waals surface area contributed by atoms with Crippen LogP contribution in [0.25, 0.3) is 10.8 Å². The molecule has 3 rings (SSSR count). The summed E-state index contributed by atoms with van der Waals surface area (Å²) < 4.78 is 5.41. The van der Waals surface area contributed by atoms with E-state index in [1.54, 1.807) is 36.4 Å². The van der Waals surface area contributed by atoms with Gasteiger partial charge in [-0.25, -0.2) is 5.43 Å². The van der Waals surface area contributed by atoms with Crippen LogP contribution in [0.15, 0.2) is 65.8 Å². The molecular formula is C21H19N3O4. The summed E-state index contributed by atoms with van der Waals surface area (Å²) in [4.78, 5) is 24.1. The lowest BCUT2D eigenvalue weighted by molar-refractivity contribution is -0.136. The summed E-state index contributed by atoms with van der Waals surface area (Å²) >= 11 is 0. The van der Waals surface area contributed by atoms with Crippen molar-refractivity contribution in [3.8, 4) is 11.5 Å². The Balaban J connectivity index is 1.69. The molecule has 0 saturated carbocycles. The van der Waals surface area contributed by atoms with Crippen molar-refractivity contribution in [2.75, 3.05) is 11.9 Å². The number of ether oxygens (including phenoxy) is 1. The average molecular weight is 377 g/mol. The highest BCUT2D eigenvalue weighted by atomic mass is 16.5. The molecule has 3 aromatic rings. The first-order chi connectivity index (χ1) is 13.6. The number of anilines is 1. The van der Waals surface area contributed by atoms with Crippen LogP contribution in [0.1, 0.15) is 12.5 Å². The van der Waals surface area contributed by atoms with Gasteiger partial charge in [0.2, 0.25) is 0 Å². The van der Waals surface area contributed by atoms with Crippen molar-refractivity contribution in [3.63, 3.8) is 0 Å². The number of nitrogens with one attached hydrogen (secondary N) is 2. The molecule has 0 fully saturated rings. The number of nitrogens with zero attached hydrogens (tertiary/aromatic N) is 1. The number of aromatic hydroxyl groups is 1. The van der Waals surface area contributed by atoms with Crippen molar-refractivity contribution in [1.82, 2.24) is 5.43 Å². The second-order valence-electron chi connectivity index (χ2n) is 5.80. The Morgan fingerprint density at radius 3 is 2.61 bits per heavy atom. The monoisotopic (exact) mass is 377 g/mol. The van der Waals surface area contributed by atoms with Crippen molar-refractivity contribution >= 4 is 34.5 Å². The van der Waals surface area contributed by atoms with Gasteiger partial charge < -0.3 is 15.2 Å². The van der Waals surface area contributed by atoms with Gasteiger partial charge in [0.15, 0.2) is 0 Å². The number of fused-ring (bicyclic) bond motifs is 1. The van der Waals surface area contributed by atoms with E-state index in [4.69, 9.17) is 4.74 Å². The van der Waals surface area contributed by atoms with Gasteiger partial charge in [-0.2, -0.15) is 5.10 Å². The first kappa shape index (κ1) is 18.9. The molecule has 0 radical (unpaired) electrons. The molecule has 0 aromatic heterocycles. The predicted octanol–water partition coefficient (Wildman–Crippen LogP) is 3.03. The first-order valence-electron chi connectivity index (χ1n) is 8.67. The topological polar surface area (TPSA) is 100 Å². The molecule has 3 aromatic carbocycles. The number of hydrogen-bond acceptors (Lipinski definition) is 5. The highest BCUT2D eigenvalue weighted by molar-refractivity contribution is 6.39. The third-order valence-electron chi connectivity index (χ3n) is 3.95. The number of hydrogen-bond donors (Lipinski definition) is 3. The van der Waals surface area contributed by atoms with Crippen molar-refractivity contribution in [2.45, 2.75) is 6.92 Å². The van der Waals surface area contributed by atoms with Gasteiger partial charge in [0.05, 0.1) is 18.5 Å². The molecule has 0 saturated heterocycles. The Morgan fingerprint density at radius 1 is 1.04 bits per heavy atom. The summed E-state index contributed by atoms with van der Waals surface area (Å²) in [6.45, 7) is 2.25. The summed E-state index contributed by atoms with van der Waals surface area (Å²) in [6, 6.07) is 17.6. The highest BCUT2D eigenvalue weighted by Crippen LogP contribution is 2.25. The van der Waals surface area contributed by atoms with Crippen LogP contribution < -0.4 is 15.5 Å². The molecule has 142 valence electrons. The number of hydrazone groups is 1. The van der Waals surface area contributed by atoms with Crippen LogP contribution in [0.4, 0.5) is 5.69 Å². The van der Waals surface area contributed by atoms with E-state index in [-0.39, 0.29) is 5.75 Å². The quantitative estimate of drug-likeness (QED) is 0.361. The number of phenolic OH excluding ortho intramolecular Hbond substituents is 1. The Morgan fingerprint density at radius 2 is 1.79 bits per heavy atom. The molecule has 28 heavy (non-hydrogen) atoms.